The normalized spacial score (nSPS) is 26.3. The highest BCUT2D eigenvalue weighted by Gasteiger charge is 2.44. The van der Waals surface area contributed by atoms with Crippen LogP contribution in [0.25, 0.3) is 0 Å². The van der Waals surface area contributed by atoms with Gasteiger partial charge in [-0.2, -0.15) is 0 Å². The van der Waals surface area contributed by atoms with Gasteiger partial charge in [0.1, 0.15) is 0 Å². The lowest BCUT2D eigenvalue weighted by Gasteiger charge is -2.40. The van der Waals surface area contributed by atoms with Crippen LogP contribution in [0.1, 0.15) is 30.7 Å². The van der Waals surface area contributed by atoms with Crippen LogP contribution >= 0.6 is 0 Å². The lowest BCUT2D eigenvalue weighted by atomic mass is 9.88. The van der Waals surface area contributed by atoms with E-state index in [-0.39, 0.29) is 5.60 Å². The van der Waals surface area contributed by atoms with Crippen molar-refractivity contribution >= 4 is 5.95 Å². The highest BCUT2D eigenvalue weighted by molar-refractivity contribution is 5.30. The Bertz CT molecular complexity index is 740. The molecule has 0 aliphatic carbocycles. The Balaban J connectivity index is 1.41. The second kappa shape index (κ2) is 7.29. The summed E-state index contributed by atoms with van der Waals surface area (Å²) in [5.74, 6) is 0.773. The van der Waals surface area contributed by atoms with Crippen molar-refractivity contribution in [2.75, 3.05) is 31.6 Å². The predicted octanol–water partition coefficient (Wildman–Crippen LogP) is 2.44. The minimum Gasteiger partial charge on any atom is -0.371 e. The van der Waals surface area contributed by atoms with Gasteiger partial charge in [-0.15, -0.1) is 0 Å². The van der Waals surface area contributed by atoms with Crippen LogP contribution < -0.4 is 4.90 Å². The molecule has 0 saturated carbocycles. The zero-order valence-corrected chi connectivity index (χ0v) is 15.6. The van der Waals surface area contributed by atoms with Crippen molar-refractivity contribution < 1.29 is 4.74 Å². The average Bonchev–Trinajstić information content (AvgIpc) is 3.05. The third-order valence-corrected chi connectivity index (χ3v) is 5.55. The molecular weight excluding hydrogens is 326 g/mol. The molecule has 0 N–H and O–H groups in total. The summed E-state index contributed by atoms with van der Waals surface area (Å²) in [6.07, 6.45) is 6.91. The summed E-state index contributed by atoms with van der Waals surface area (Å²) in [6.45, 7) is 5.78. The second-order valence-corrected chi connectivity index (χ2v) is 7.60. The SMILES string of the molecule is Cc1cccc(CN2CCC[C@]3(C[C@@H](N(C)c4ncccn4)CO3)C2)n1. The maximum Gasteiger partial charge on any atom is 0.225 e. The molecule has 6 nitrogen and oxygen atoms in total. The molecule has 0 aromatic carbocycles. The fraction of sp³-hybridized carbons (Fsp3) is 0.550. The van der Waals surface area contributed by atoms with E-state index >= 15 is 0 Å². The van der Waals surface area contributed by atoms with Gasteiger partial charge in [-0.1, -0.05) is 6.07 Å². The third kappa shape index (κ3) is 3.71. The van der Waals surface area contributed by atoms with Gasteiger partial charge in [-0.3, -0.25) is 9.88 Å². The van der Waals surface area contributed by atoms with Crippen LogP contribution in [0.4, 0.5) is 5.95 Å². The first-order chi connectivity index (χ1) is 12.6. The number of piperidine rings is 1. The number of rotatable bonds is 4. The fourth-order valence-corrected chi connectivity index (χ4v) is 4.23. The Morgan fingerprint density at radius 1 is 1.27 bits per heavy atom. The molecule has 2 aromatic heterocycles. The topological polar surface area (TPSA) is 54.4 Å². The molecule has 6 heteroatoms. The number of likely N-dealkylation sites (N-methyl/N-ethyl adjacent to an activating group) is 1. The van der Waals surface area contributed by atoms with Gasteiger partial charge in [-0.25, -0.2) is 9.97 Å². The molecule has 138 valence electrons. The van der Waals surface area contributed by atoms with Crippen LogP contribution in [0, 0.1) is 6.92 Å². The highest BCUT2D eigenvalue weighted by atomic mass is 16.5. The molecule has 2 atom stereocenters. The van der Waals surface area contributed by atoms with E-state index < -0.39 is 0 Å². The van der Waals surface area contributed by atoms with Crippen LogP contribution in [-0.4, -0.2) is 58.2 Å². The monoisotopic (exact) mass is 353 g/mol. The molecule has 2 fully saturated rings. The van der Waals surface area contributed by atoms with Crippen molar-refractivity contribution in [2.24, 2.45) is 0 Å². The van der Waals surface area contributed by atoms with Gasteiger partial charge < -0.3 is 9.64 Å². The van der Waals surface area contributed by atoms with Crippen LogP contribution in [0.2, 0.25) is 0 Å². The summed E-state index contributed by atoms with van der Waals surface area (Å²) in [5.41, 5.74) is 2.18. The highest BCUT2D eigenvalue weighted by Crippen LogP contribution is 2.37. The van der Waals surface area contributed by atoms with Crippen molar-refractivity contribution in [1.29, 1.82) is 0 Å². The van der Waals surface area contributed by atoms with E-state index in [2.05, 4.69) is 43.9 Å². The number of aromatic nitrogens is 3. The molecule has 4 rings (SSSR count). The van der Waals surface area contributed by atoms with Gasteiger partial charge in [0.15, 0.2) is 0 Å². The van der Waals surface area contributed by atoms with Crippen molar-refractivity contribution in [3.8, 4) is 0 Å². The number of hydrogen-bond donors (Lipinski definition) is 0. The smallest absolute Gasteiger partial charge is 0.225 e. The average molecular weight is 353 g/mol. The quantitative estimate of drug-likeness (QED) is 0.842. The number of anilines is 1. The first-order valence-electron chi connectivity index (χ1n) is 9.42. The van der Waals surface area contributed by atoms with Gasteiger partial charge in [-0.05, 0) is 44.5 Å². The molecule has 4 heterocycles. The van der Waals surface area contributed by atoms with Gasteiger partial charge in [0, 0.05) is 44.6 Å². The predicted molar refractivity (Wildman–Crippen MR) is 101 cm³/mol. The summed E-state index contributed by atoms with van der Waals surface area (Å²) >= 11 is 0. The molecule has 0 amide bonds. The Kier molecular flexibility index (Phi) is 4.87. The van der Waals surface area contributed by atoms with E-state index in [1.165, 1.54) is 6.42 Å². The van der Waals surface area contributed by atoms with Gasteiger partial charge >= 0.3 is 0 Å². The zero-order chi connectivity index (χ0) is 18.0. The number of nitrogens with zero attached hydrogens (tertiary/aromatic N) is 5. The van der Waals surface area contributed by atoms with Crippen LogP contribution in [0.15, 0.2) is 36.7 Å². The zero-order valence-electron chi connectivity index (χ0n) is 15.6. The number of likely N-dealkylation sites (tertiary alicyclic amines) is 1. The molecule has 2 aliphatic heterocycles. The summed E-state index contributed by atoms with van der Waals surface area (Å²) < 4.78 is 6.37. The van der Waals surface area contributed by atoms with Crippen LogP contribution in [-0.2, 0) is 11.3 Å². The maximum atomic E-state index is 6.37. The molecular formula is C20H27N5O. The lowest BCUT2D eigenvalue weighted by Crippen LogP contribution is -2.48. The Labute approximate surface area is 155 Å². The number of ether oxygens (including phenoxy) is 1. The van der Waals surface area contributed by atoms with Crippen molar-refractivity contribution in [2.45, 2.75) is 44.4 Å². The summed E-state index contributed by atoms with van der Waals surface area (Å²) in [7, 11) is 2.07. The summed E-state index contributed by atoms with van der Waals surface area (Å²) in [5, 5.41) is 0. The van der Waals surface area contributed by atoms with Gasteiger partial charge in [0.05, 0.1) is 23.9 Å². The Morgan fingerprint density at radius 3 is 2.92 bits per heavy atom. The molecule has 1 spiro atoms. The largest absolute Gasteiger partial charge is 0.371 e. The first-order valence-corrected chi connectivity index (χ1v) is 9.42. The van der Waals surface area contributed by atoms with E-state index in [1.54, 1.807) is 12.4 Å². The standard InChI is InChI=1S/C20H27N5O/c1-16-6-3-7-17(23-16)13-25-11-4-8-20(15-25)12-18(14-26-20)24(2)19-21-9-5-10-22-19/h3,5-7,9-10,18H,4,8,11-15H2,1-2H3/t18-,20+/m1/s1. The second-order valence-electron chi connectivity index (χ2n) is 7.60. The Morgan fingerprint density at radius 2 is 2.12 bits per heavy atom. The van der Waals surface area contributed by atoms with E-state index in [0.717, 1.165) is 56.4 Å². The summed E-state index contributed by atoms with van der Waals surface area (Å²) in [6, 6.07) is 8.44. The number of pyridine rings is 1. The minimum atomic E-state index is -0.0459. The van der Waals surface area contributed by atoms with Crippen molar-refractivity contribution in [1.82, 2.24) is 19.9 Å². The maximum absolute atomic E-state index is 6.37. The lowest BCUT2D eigenvalue weighted by molar-refractivity contribution is -0.0535. The molecule has 0 bridgehead atoms. The van der Waals surface area contributed by atoms with Gasteiger partial charge in [0.25, 0.3) is 0 Å². The molecule has 0 unspecified atom stereocenters. The number of hydrogen-bond acceptors (Lipinski definition) is 6. The third-order valence-electron chi connectivity index (χ3n) is 5.55. The molecule has 2 aromatic rings. The minimum absolute atomic E-state index is 0.0459. The van der Waals surface area contributed by atoms with Crippen LogP contribution in [0.5, 0.6) is 0 Å². The van der Waals surface area contributed by atoms with Crippen molar-refractivity contribution in [3.63, 3.8) is 0 Å². The molecule has 26 heavy (non-hydrogen) atoms. The Hall–Kier alpha value is -2.05. The summed E-state index contributed by atoms with van der Waals surface area (Å²) in [4.78, 5) is 18.1. The van der Waals surface area contributed by atoms with E-state index in [0.29, 0.717) is 6.04 Å². The van der Waals surface area contributed by atoms with Crippen LogP contribution in [0.3, 0.4) is 0 Å². The molecule has 0 radical (unpaired) electrons. The van der Waals surface area contributed by atoms with E-state index in [4.69, 9.17) is 4.74 Å². The first kappa shape index (κ1) is 17.4. The molecule has 2 aliphatic rings. The van der Waals surface area contributed by atoms with E-state index in [9.17, 15) is 0 Å². The van der Waals surface area contributed by atoms with Crippen molar-refractivity contribution in [3.05, 3.63) is 48.0 Å². The molecule has 2 saturated heterocycles. The number of aryl methyl sites for hydroxylation is 1. The fourth-order valence-electron chi connectivity index (χ4n) is 4.23. The van der Waals surface area contributed by atoms with E-state index in [1.807, 2.05) is 19.1 Å². The van der Waals surface area contributed by atoms with Gasteiger partial charge in [0.2, 0.25) is 5.95 Å².